The molecule has 90 valence electrons. The molecule has 0 fully saturated rings. The van der Waals surface area contributed by atoms with Crippen molar-refractivity contribution in [1.82, 2.24) is 9.78 Å². The maximum absolute atomic E-state index is 9.03. The lowest BCUT2D eigenvalue weighted by Crippen LogP contribution is -2.06. The molecule has 0 saturated carbocycles. The minimum Gasteiger partial charge on any atom is -0.497 e. The average Bonchev–Trinajstić information content (AvgIpc) is 2.71. The van der Waals surface area contributed by atoms with Gasteiger partial charge in [-0.15, -0.1) is 0 Å². The average molecular weight is 233 g/mol. The molecule has 0 aliphatic carbocycles. The van der Waals surface area contributed by atoms with Crippen LogP contribution < -0.4 is 10.5 Å². The van der Waals surface area contributed by atoms with Crippen molar-refractivity contribution in [2.24, 2.45) is 0 Å². The van der Waals surface area contributed by atoms with Crippen LogP contribution in [0.25, 0.3) is 0 Å². The highest BCUT2D eigenvalue weighted by Gasteiger charge is 2.06. The van der Waals surface area contributed by atoms with Crippen molar-refractivity contribution in [1.29, 1.82) is 0 Å². The predicted octanol–water partition coefficient (Wildman–Crippen LogP) is 1.01. The number of methoxy groups -OCH3 is 1. The van der Waals surface area contributed by atoms with Crippen molar-refractivity contribution in [2.45, 2.75) is 13.2 Å². The Labute approximate surface area is 99.4 Å². The summed E-state index contributed by atoms with van der Waals surface area (Å²) < 4.78 is 6.80. The fourth-order valence-electron chi connectivity index (χ4n) is 1.63. The standard InChI is InChI=1S/C12H15N3O2/c1-17-11-4-2-3-9(5-11)7-15-12(13)10(8-16)6-14-15/h2-6,16H,7-8,13H2,1H3. The quantitative estimate of drug-likeness (QED) is 0.826. The summed E-state index contributed by atoms with van der Waals surface area (Å²) in [4.78, 5) is 0. The van der Waals surface area contributed by atoms with Crippen molar-refractivity contribution in [3.8, 4) is 5.75 Å². The number of ether oxygens (including phenoxy) is 1. The lowest BCUT2D eigenvalue weighted by atomic mass is 10.2. The van der Waals surface area contributed by atoms with Gasteiger partial charge >= 0.3 is 0 Å². The molecule has 0 amide bonds. The summed E-state index contributed by atoms with van der Waals surface area (Å²) in [5.41, 5.74) is 7.53. The molecule has 0 unspecified atom stereocenters. The van der Waals surface area contributed by atoms with Crippen LogP contribution in [0.3, 0.4) is 0 Å². The number of aromatic nitrogens is 2. The van der Waals surface area contributed by atoms with Crippen LogP contribution in [0.5, 0.6) is 5.75 Å². The molecule has 17 heavy (non-hydrogen) atoms. The number of hydrogen-bond acceptors (Lipinski definition) is 4. The van der Waals surface area contributed by atoms with E-state index in [1.165, 1.54) is 0 Å². The van der Waals surface area contributed by atoms with Crippen LogP contribution in [0.1, 0.15) is 11.1 Å². The second-order valence-corrected chi connectivity index (χ2v) is 3.72. The summed E-state index contributed by atoms with van der Waals surface area (Å²) in [6, 6.07) is 7.71. The van der Waals surface area contributed by atoms with Gasteiger partial charge in [0.2, 0.25) is 0 Å². The molecule has 1 aromatic carbocycles. The predicted molar refractivity (Wildman–Crippen MR) is 64.7 cm³/mol. The molecule has 1 heterocycles. The molecule has 0 saturated heterocycles. The van der Waals surface area contributed by atoms with Crippen LogP contribution in [0.15, 0.2) is 30.5 Å². The van der Waals surface area contributed by atoms with Gasteiger partial charge < -0.3 is 15.6 Å². The highest BCUT2D eigenvalue weighted by atomic mass is 16.5. The van der Waals surface area contributed by atoms with Crippen LogP contribution >= 0.6 is 0 Å². The number of aliphatic hydroxyl groups excluding tert-OH is 1. The van der Waals surface area contributed by atoms with Crippen LogP contribution in [-0.2, 0) is 13.2 Å². The summed E-state index contributed by atoms with van der Waals surface area (Å²) in [5, 5.41) is 13.2. The molecule has 0 bridgehead atoms. The Morgan fingerprint density at radius 3 is 2.94 bits per heavy atom. The van der Waals surface area contributed by atoms with Crippen LogP contribution in [0.2, 0.25) is 0 Å². The van der Waals surface area contributed by atoms with E-state index in [2.05, 4.69) is 5.10 Å². The third kappa shape index (κ3) is 2.39. The van der Waals surface area contributed by atoms with E-state index >= 15 is 0 Å². The molecule has 0 aliphatic heterocycles. The molecule has 2 aromatic rings. The minimum atomic E-state index is -0.0933. The first-order valence-corrected chi connectivity index (χ1v) is 5.28. The SMILES string of the molecule is COc1cccc(Cn2ncc(CO)c2N)c1. The summed E-state index contributed by atoms with van der Waals surface area (Å²) >= 11 is 0. The van der Waals surface area contributed by atoms with Crippen LogP contribution in [0.4, 0.5) is 5.82 Å². The number of rotatable bonds is 4. The molecule has 3 N–H and O–H groups in total. The zero-order valence-corrected chi connectivity index (χ0v) is 9.63. The molecule has 0 spiro atoms. The molecule has 0 radical (unpaired) electrons. The van der Waals surface area contributed by atoms with Crippen molar-refractivity contribution in [3.63, 3.8) is 0 Å². The Bertz CT molecular complexity index is 508. The van der Waals surface area contributed by atoms with Crippen molar-refractivity contribution < 1.29 is 9.84 Å². The summed E-state index contributed by atoms with van der Waals surface area (Å²) in [6.07, 6.45) is 1.58. The lowest BCUT2D eigenvalue weighted by molar-refractivity contribution is 0.282. The van der Waals surface area contributed by atoms with E-state index in [-0.39, 0.29) is 6.61 Å². The van der Waals surface area contributed by atoms with Gasteiger partial charge in [-0.2, -0.15) is 5.10 Å². The lowest BCUT2D eigenvalue weighted by Gasteiger charge is -2.06. The Morgan fingerprint density at radius 2 is 2.29 bits per heavy atom. The van der Waals surface area contributed by atoms with Gasteiger partial charge in [0.15, 0.2) is 0 Å². The third-order valence-electron chi connectivity index (χ3n) is 2.60. The van der Waals surface area contributed by atoms with E-state index < -0.39 is 0 Å². The topological polar surface area (TPSA) is 73.3 Å². The molecule has 1 aromatic heterocycles. The molecular formula is C12H15N3O2. The fourth-order valence-corrected chi connectivity index (χ4v) is 1.63. The zero-order chi connectivity index (χ0) is 12.3. The highest BCUT2D eigenvalue weighted by molar-refractivity contribution is 5.39. The number of hydrogen-bond donors (Lipinski definition) is 2. The van der Waals surface area contributed by atoms with Crippen molar-refractivity contribution >= 4 is 5.82 Å². The molecule has 0 aliphatic rings. The van der Waals surface area contributed by atoms with Gasteiger partial charge in [0.05, 0.1) is 26.5 Å². The van der Waals surface area contributed by atoms with Gasteiger partial charge in [-0.25, -0.2) is 4.68 Å². The largest absolute Gasteiger partial charge is 0.497 e. The zero-order valence-electron chi connectivity index (χ0n) is 9.63. The Hall–Kier alpha value is -2.01. The Balaban J connectivity index is 2.22. The van der Waals surface area contributed by atoms with Gasteiger partial charge in [-0.3, -0.25) is 0 Å². The normalized spacial score (nSPS) is 10.5. The van der Waals surface area contributed by atoms with Gasteiger partial charge in [-0.1, -0.05) is 12.1 Å². The van der Waals surface area contributed by atoms with Crippen LogP contribution in [-0.4, -0.2) is 22.0 Å². The van der Waals surface area contributed by atoms with E-state index in [1.54, 1.807) is 18.0 Å². The van der Waals surface area contributed by atoms with Gasteiger partial charge in [0.25, 0.3) is 0 Å². The summed E-state index contributed by atoms with van der Waals surface area (Å²) in [6.45, 7) is 0.465. The number of aliphatic hydroxyl groups is 1. The van der Waals surface area contributed by atoms with E-state index in [4.69, 9.17) is 15.6 Å². The second-order valence-electron chi connectivity index (χ2n) is 3.72. The Morgan fingerprint density at radius 1 is 1.47 bits per heavy atom. The van der Waals surface area contributed by atoms with E-state index in [0.717, 1.165) is 11.3 Å². The van der Waals surface area contributed by atoms with Crippen LogP contribution in [0, 0.1) is 0 Å². The first-order valence-electron chi connectivity index (χ1n) is 5.28. The molecule has 5 nitrogen and oxygen atoms in total. The maximum atomic E-state index is 9.03. The smallest absolute Gasteiger partial charge is 0.127 e. The molecule has 5 heteroatoms. The maximum Gasteiger partial charge on any atom is 0.127 e. The first kappa shape index (κ1) is 11.5. The number of benzene rings is 1. The molecular weight excluding hydrogens is 218 g/mol. The summed E-state index contributed by atoms with van der Waals surface area (Å²) in [5.74, 6) is 1.30. The number of anilines is 1. The third-order valence-corrected chi connectivity index (χ3v) is 2.60. The number of nitrogens with two attached hydrogens (primary N) is 1. The van der Waals surface area contributed by atoms with Crippen molar-refractivity contribution in [3.05, 3.63) is 41.6 Å². The summed E-state index contributed by atoms with van der Waals surface area (Å²) in [7, 11) is 1.63. The fraction of sp³-hybridized carbons (Fsp3) is 0.250. The first-order chi connectivity index (χ1) is 8.24. The molecule has 0 atom stereocenters. The van der Waals surface area contributed by atoms with Gasteiger partial charge in [0, 0.05) is 5.56 Å². The monoisotopic (exact) mass is 233 g/mol. The van der Waals surface area contributed by atoms with E-state index in [1.807, 2.05) is 24.3 Å². The number of nitrogens with zero attached hydrogens (tertiary/aromatic N) is 2. The van der Waals surface area contributed by atoms with E-state index in [9.17, 15) is 0 Å². The number of nitrogen functional groups attached to an aromatic ring is 1. The molecule has 2 rings (SSSR count). The second kappa shape index (κ2) is 4.88. The van der Waals surface area contributed by atoms with Gasteiger partial charge in [0.1, 0.15) is 11.6 Å². The minimum absolute atomic E-state index is 0.0933. The van der Waals surface area contributed by atoms with Gasteiger partial charge in [-0.05, 0) is 17.7 Å². The van der Waals surface area contributed by atoms with E-state index in [0.29, 0.717) is 17.9 Å². The highest BCUT2D eigenvalue weighted by Crippen LogP contribution is 2.16. The van der Waals surface area contributed by atoms with Crippen molar-refractivity contribution in [2.75, 3.05) is 12.8 Å². The Kier molecular flexibility index (Phi) is 3.30.